The van der Waals surface area contributed by atoms with E-state index in [2.05, 4.69) is 14.9 Å². The molecule has 1 amide bonds. The molecule has 12 nitrogen and oxygen atoms in total. The van der Waals surface area contributed by atoms with Crippen molar-refractivity contribution in [3.8, 4) is 5.75 Å². The van der Waals surface area contributed by atoms with Crippen molar-refractivity contribution in [2.45, 2.75) is 56.9 Å². The summed E-state index contributed by atoms with van der Waals surface area (Å²) in [6.45, 7) is 6.89. The molecule has 2 aliphatic rings. The third kappa shape index (κ3) is 8.58. The maximum atomic E-state index is 13.7. The van der Waals surface area contributed by atoms with Gasteiger partial charge in [-0.3, -0.25) is 14.7 Å². The van der Waals surface area contributed by atoms with Gasteiger partial charge in [0.15, 0.2) is 5.69 Å². The summed E-state index contributed by atoms with van der Waals surface area (Å²) in [4.78, 5) is 35.1. The van der Waals surface area contributed by atoms with Crippen LogP contribution < -0.4 is 4.74 Å². The van der Waals surface area contributed by atoms with E-state index in [0.717, 1.165) is 38.2 Å². The number of benzene rings is 1. The number of alkyl halides is 3. The molecular weight excluding hydrogens is 619 g/mol. The molecule has 3 heterocycles. The first-order valence-electron chi connectivity index (χ1n) is 14.0. The number of aromatic nitrogens is 2. The van der Waals surface area contributed by atoms with Crippen LogP contribution in [0, 0.1) is 13.8 Å². The highest BCUT2D eigenvalue weighted by Gasteiger charge is 2.41. The molecule has 0 unspecified atom stereocenters. The van der Waals surface area contributed by atoms with Gasteiger partial charge in [0.05, 0.1) is 24.2 Å². The third-order valence-corrected chi connectivity index (χ3v) is 9.47. The Kier molecular flexibility index (Phi) is 10.5. The molecule has 1 aliphatic heterocycles. The monoisotopic (exact) mass is 653 g/mol. The van der Waals surface area contributed by atoms with E-state index in [4.69, 9.17) is 19.1 Å². The second kappa shape index (κ2) is 14.0. The number of carbonyl (C=O) groups excluding carboxylic acids is 1. The van der Waals surface area contributed by atoms with Gasteiger partial charge in [-0.2, -0.15) is 17.5 Å². The van der Waals surface area contributed by atoms with Crippen LogP contribution >= 0.6 is 0 Å². The van der Waals surface area contributed by atoms with E-state index in [1.165, 1.54) is 10.6 Å². The van der Waals surface area contributed by atoms with E-state index < -0.39 is 22.2 Å². The number of carboxylic acids is 1. The summed E-state index contributed by atoms with van der Waals surface area (Å²) in [5.74, 6) is -2.14. The fraction of sp³-hybridized carbons (Fsp3) is 0.448. The van der Waals surface area contributed by atoms with Crippen molar-refractivity contribution in [2.75, 3.05) is 33.3 Å². The molecule has 1 N–H and O–H groups in total. The van der Waals surface area contributed by atoms with Crippen LogP contribution in [0.15, 0.2) is 52.1 Å². The molecule has 2 aromatic heterocycles. The van der Waals surface area contributed by atoms with Gasteiger partial charge < -0.3 is 19.2 Å². The highest BCUT2D eigenvalue weighted by molar-refractivity contribution is 7.89. The Morgan fingerprint density at radius 2 is 1.73 bits per heavy atom. The highest BCUT2D eigenvalue weighted by Crippen LogP contribution is 2.36. The number of oxazole rings is 1. The molecule has 0 atom stereocenters. The Morgan fingerprint density at radius 3 is 2.24 bits per heavy atom. The Balaban J connectivity index is 0.000000591. The predicted octanol–water partition coefficient (Wildman–Crippen LogP) is 3.64. The number of nitrogens with zero attached hydrogens (tertiary/aromatic N) is 5. The number of halogens is 3. The SMILES string of the molecule is COc1cc(C)c(S(=O)(=O)N(Cc2nc(C(=O)N3CCN(Cc4ccccn4)CC3)co2)C2CC2)c(C)c1.O=C(O)C(F)(F)F. The van der Waals surface area contributed by atoms with Crippen molar-refractivity contribution in [1.82, 2.24) is 24.1 Å². The van der Waals surface area contributed by atoms with E-state index in [9.17, 15) is 26.4 Å². The maximum absolute atomic E-state index is 13.7. The van der Waals surface area contributed by atoms with Crippen molar-refractivity contribution in [3.05, 3.63) is 71.2 Å². The smallest absolute Gasteiger partial charge is 0.490 e. The molecule has 45 heavy (non-hydrogen) atoms. The average Bonchev–Trinajstić information content (AvgIpc) is 3.72. The van der Waals surface area contributed by atoms with Gasteiger partial charge in [-0.1, -0.05) is 6.07 Å². The molecule has 1 aliphatic carbocycles. The number of amides is 1. The molecule has 0 bridgehead atoms. The Hall–Kier alpha value is -4.02. The number of hydrogen-bond donors (Lipinski definition) is 1. The summed E-state index contributed by atoms with van der Waals surface area (Å²) >= 11 is 0. The molecular formula is C29H34F3N5O7S. The predicted molar refractivity (Wildman–Crippen MR) is 154 cm³/mol. The Morgan fingerprint density at radius 1 is 1.11 bits per heavy atom. The van der Waals surface area contributed by atoms with Gasteiger partial charge in [-0.05, 0) is 62.1 Å². The molecule has 5 rings (SSSR count). The number of sulfonamides is 1. The van der Waals surface area contributed by atoms with Crippen LogP contribution in [0.1, 0.15) is 46.0 Å². The van der Waals surface area contributed by atoms with E-state index >= 15 is 0 Å². The lowest BCUT2D eigenvalue weighted by Gasteiger charge is -2.34. The molecule has 1 saturated heterocycles. The van der Waals surface area contributed by atoms with Gasteiger partial charge in [0.2, 0.25) is 15.9 Å². The Bertz CT molecular complexity index is 1580. The quantitative estimate of drug-likeness (QED) is 0.363. The number of piperazine rings is 1. The molecule has 1 saturated carbocycles. The number of carbonyl (C=O) groups is 2. The number of ether oxygens (including phenoxy) is 1. The fourth-order valence-corrected chi connectivity index (χ4v) is 6.98. The van der Waals surface area contributed by atoms with E-state index in [0.29, 0.717) is 30.0 Å². The maximum Gasteiger partial charge on any atom is 0.490 e. The zero-order valence-electron chi connectivity index (χ0n) is 25.0. The molecule has 244 valence electrons. The first kappa shape index (κ1) is 33.9. The minimum atomic E-state index is -5.08. The minimum Gasteiger partial charge on any atom is -0.497 e. The van der Waals surface area contributed by atoms with E-state index in [-0.39, 0.29) is 35.0 Å². The first-order valence-corrected chi connectivity index (χ1v) is 15.5. The van der Waals surface area contributed by atoms with Crippen LogP contribution in [0.4, 0.5) is 13.2 Å². The normalized spacial score (nSPS) is 15.8. The topological polar surface area (TPSA) is 146 Å². The van der Waals surface area contributed by atoms with Crippen molar-refractivity contribution >= 4 is 21.9 Å². The lowest BCUT2D eigenvalue weighted by Crippen LogP contribution is -2.48. The summed E-state index contributed by atoms with van der Waals surface area (Å²) in [5, 5.41) is 7.12. The first-order chi connectivity index (χ1) is 21.2. The van der Waals surface area contributed by atoms with Gasteiger partial charge >= 0.3 is 12.1 Å². The highest BCUT2D eigenvalue weighted by atomic mass is 32.2. The second-order valence-electron chi connectivity index (χ2n) is 10.7. The fourth-order valence-electron chi connectivity index (χ4n) is 4.93. The third-order valence-electron chi connectivity index (χ3n) is 7.27. The van der Waals surface area contributed by atoms with E-state index in [1.807, 2.05) is 18.2 Å². The van der Waals surface area contributed by atoms with Gasteiger partial charge in [-0.15, -0.1) is 0 Å². The van der Waals surface area contributed by atoms with Crippen molar-refractivity contribution in [2.24, 2.45) is 0 Å². The number of rotatable bonds is 9. The van der Waals surface area contributed by atoms with Crippen molar-refractivity contribution in [1.29, 1.82) is 0 Å². The van der Waals surface area contributed by atoms with Crippen LogP contribution in [0.25, 0.3) is 0 Å². The van der Waals surface area contributed by atoms with Gasteiger partial charge in [0, 0.05) is 45.0 Å². The van der Waals surface area contributed by atoms with Crippen LogP contribution in [0.3, 0.4) is 0 Å². The minimum absolute atomic E-state index is 0.0248. The molecule has 3 aromatic rings. The number of pyridine rings is 1. The molecule has 1 aromatic carbocycles. The van der Waals surface area contributed by atoms with Crippen molar-refractivity contribution in [3.63, 3.8) is 0 Å². The van der Waals surface area contributed by atoms with Gasteiger partial charge in [0.1, 0.15) is 12.0 Å². The number of carboxylic acid groups (broad SMARTS) is 1. The summed E-state index contributed by atoms with van der Waals surface area (Å²) in [7, 11) is -2.26. The largest absolute Gasteiger partial charge is 0.497 e. The summed E-state index contributed by atoms with van der Waals surface area (Å²) in [6, 6.07) is 9.20. The van der Waals surface area contributed by atoms with Crippen LogP contribution in [0.5, 0.6) is 5.75 Å². The van der Waals surface area contributed by atoms with Gasteiger partial charge in [0.25, 0.3) is 5.91 Å². The number of hydrogen-bond acceptors (Lipinski definition) is 9. The lowest BCUT2D eigenvalue weighted by molar-refractivity contribution is -0.192. The van der Waals surface area contributed by atoms with Gasteiger partial charge in [-0.25, -0.2) is 18.2 Å². The molecule has 0 spiro atoms. The standard InChI is InChI=1S/C27H33N5O5S.C2HF3O2/c1-19-14-23(36-3)15-20(2)26(19)38(34,35)32(22-7-8-22)17-25-29-24(18-37-25)27(33)31-12-10-30(11-13-31)16-21-6-4-5-9-28-21;3-2(4,5)1(6)7/h4-6,9,14-15,18,22H,7-8,10-13,16-17H2,1-3H3;(H,6,7). The molecule has 16 heteroatoms. The number of aliphatic carboxylic acids is 1. The second-order valence-corrected chi connectivity index (χ2v) is 12.5. The summed E-state index contributed by atoms with van der Waals surface area (Å²) in [5.41, 5.74) is 2.45. The molecule has 2 fully saturated rings. The molecule has 0 radical (unpaired) electrons. The van der Waals surface area contributed by atoms with Crippen LogP contribution in [0.2, 0.25) is 0 Å². The zero-order chi connectivity index (χ0) is 32.9. The van der Waals surface area contributed by atoms with Crippen molar-refractivity contribution < 1.29 is 45.4 Å². The summed E-state index contributed by atoms with van der Waals surface area (Å²) in [6.07, 6.45) is -0.406. The number of aryl methyl sites for hydroxylation is 2. The zero-order valence-corrected chi connectivity index (χ0v) is 25.8. The lowest BCUT2D eigenvalue weighted by atomic mass is 10.1. The van der Waals surface area contributed by atoms with Crippen LogP contribution in [-0.2, 0) is 27.9 Å². The van der Waals surface area contributed by atoms with E-state index in [1.54, 1.807) is 44.2 Å². The average molecular weight is 654 g/mol. The van der Waals surface area contributed by atoms with Crippen LogP contribution in [-0.4, -0.2) is 95.0 Å². The Labute approximate surface area is 258 Å². The summed E-state index contributed by atoms with van der Waals surface area (Å²) < 4.78 is 71.6. The number of methoxy groups -OCH3 is 1.